The Morgan fingerprint density at radius 2 is 1.81 bits per heavy atom. The molecule has 2 saturated heterocycles. The first-order valence-corrected chi connectivity index (χ1v) is 13.5. The molecule has 36 heavy (non-hydrogen) atoms. The van der Waals surface area contributed by atoms with Gasteiger partial charge in [0, 0.05) is 36.8 Å². The van der Waals surface area contributed by atoms with Gasteiger partial charge in [0.25, 0.3) is 11.1 Å². The van der Waals surface area contributed by atoms with E-state index in [0.717, 1.165) is 79.0 Å². The van der Waals surface area contributed by atoms with Gasteiger partial charge in [0.2, 0.25) is 5.91 Å². The van der Waals surface area contributed by atoms with E-state index in [2.05, 4.69) is 25.1 Å². The number of fused-ring (bicyclic) bond motifs is 1. The van der Waals surface area contributed by atoms with Crippen molar-refractivity contribution >= 4 is 45.8 Å². The Morgan fingerprint density at radius 3 is 2.56 bits per heavy atom. The SMILES string of the molecule is CCc1cccc2c(/C=C3\SC(=O)N(CCCc4ccccc4)C3=O)cn(CC(=O)N3CCCC3)c12. The second kappa shape index (κ2) is 10.7. The Bertz CT molecular complexity index is 1320. The van der Waals surface area contributed by atoms with Crippen LogP contribution in [0.15, 0.2) is 59.6 Å². The molecule has 1 aromatic heterocycles. The third-order valence-electron chi connectivity index (χ3n) is 7.01. The molecule has 0 saturated carbocycles. The molecule has 0 spiro atoms. The topological polar surface area (TPSA) is 62.6 Å². The van der Waals surface area contributed by atoms with Gasteiger partial charge in [0.05, 0.1) is 10.4 Å². The first-order chi connectivity index (χ1) is 17.5. The van der Waals surface area contributed by atoms with Crippen molar-refractivity contribution in [1.29, 1.82) is 0 Å². The summed E-state index contributed by atoms with van der Waals surface area (Å²) in [4.78, 5) is 42.4. The zero-order chi connectivity index (χ0) is 25.1. The van der Waals surface area contributed by atoms with Gasteiger partial charge in [0.15, 0.2) is 0 Å². The van der Waals surface area contributed by atoms with Crippen LogP contribution in [0.5, 0.6) is 0 Å². The Labute approximate surface area is 215 Å². The number of imide groups is 1. The van der Waals surface area contributed by atoms with Crippen LogP contribution in [0.1, 0.15) is 42.9 Å². The van der Waals surface area contributed by atoms with Crippen molar-refractivity contribution in [2.45, 2.75) is 45.6 Å². The molecule has 0 unspecified atom stereocenters. The van der Waals surface area contributed by atoms with E-state index in [1.807, 2.05) is 52.1 Å². The predicted octanol–water partition coefficient (Wildman–Crippen LogP) is 5.50. The highest BCUT2D eigenvalue weighted by Crippen LogP contribution is 2.35. The molecule has 6 nitrogen and oxygen atoms in total. The van der Waals surface area contributed by atoms with Crippen molar-refractivity contribution in [1.82, 2.24) is 14.4 Å². The number of aryl methyl sites for hydroxylation is 2. The molecular weight excluding hydrogens is 470 g/mol. The lowest BCUT2D eigenvalue weighted by atomic mass is 10.1. The highest BCUT2D eigenvalue weighted by Gasteiger charge is 2.34. The quantitative estimate of drug-likeness (QED) is 0.383. The van der Waals surface area contributed by atoms with Crippen molar-refractivity contribution < 1.29 is 14.4 Å². The molecule has 5 rings (SSSR count). The van der Waals surface area contributed by atoms with Gasteiger partial charge in [-0.15, -0.1) is 0 Å². The van der Waals surface area contributed by atoms with Crippen LogP contribution in [0.3, 0.4) is 0 Å². The summed E-state index contributed by atoms with van der Waals surface area (Å²) >= 11 is 0.999. The molecule has 0 aliphatic carbocycles. The highest BCUT2D eigenvalue weighted by atomic mass is 32.2. The number of thioether (sulfide) groups is 1. The van der Waals surface area contributed by atoms with E-state index in [0.29, 0.717) is 11.4 Å². The van der Waals surface area contributed by atoms with Crippen LogP contribution >= 0.6 is 11.8 Å². The monoisotopic (exact) mass is 501 g/mol. The lowest BCUT2D eigenvalue weighted by Gasteiger charge is -2.16. The zero-order valence-electron chi connectivity index (χ0n) is 20.6. The molecule has 0 bridgehead atoms. The Morgan fingerprint density at radius 1 is 1.03 bits per heavy atom. The largest absolute Gasteiger partial charge is 0.341 e. The third-order valence-corrected chi connectivity index (χ3v) is 7.92. The van der Waals surface area contributed by atoms with Gasteiger partial charge in [-0.05, 0) is 61.1 Å². The molecule has 3 aromatic rings. The van der Waals surface area contributed by atoms with E-state index < -0.39 is 0 Å². The molecular formula is C29H31N3O3S. The first kappa shape index (κ1) is 24.4. The number of likely N-dealkylation sites (tertiary alicyclic amines) is 1. The fourth-order valence-corrected chi connectivity index (χ4v) is 5.98. The summed E-state index contributed by atoms with van der Waals surface area (Å²) in [5, 5.41) is 0.779. The molecule has 0 atom stereocenters. The van der Waals surface area contributed by atoms with E-state index in [1.165, 1.54) is 10.5 Å². The number of para-hydroxylation sites is 1. The molecule has 2 aliphatic heterocycles. The molecule has 3 amide bonds. The second-order valence-corrected chi connectivity index (χ2v) is 10.4. The molecule has 2 aromatic carbocycles. The molecule has 0 radical (unpaired) electrons. The van der Waals surface area contributed by atoms with Crippen LogP contribution in [0, 0.1) is 0 Å². The molecule has 186 valence electrons. The van der Waals surface area contributed by atoms with E-state index in [1.54, 1.807) is 0 Å². The summed E-state index contributed by atoms with van der Waals surface area (Å²) in [6.45, 7) is 4.44. The average Bonchev–Trinajstić information content (AvgIpc) is 3.61. The summed E-state index contributed by atoms with van der Waals surface area (Å²) in [6, 6.07) is 16.2. The first-order valence-electron chi connectivity index (χ1n) is 12.7. The average molecular weight is 502 g/mol. The molecule has 2 aliphatic rings. The normalized spacial score (nSPS) is 17.2. The van der Waals surface area contributed by atoms with Crippen LogP contribution in [-0.4, -0.2) is 51.1 Å². The number of hydrogen-bond donors (Lipinski definition) is 0. The summed E-state index contributed by atoms with van der Waals surface area (Å²) in [7, 11) is 0. The zero-order valence-corrected chi connectivity index (χ0v) is 21.4. The van der Waals surface area contributed by atoms with E-state index in [4.69, 9.17) is 0 Å². The van der Waals surface area contributed by atoms with Crippen LogP contribution < -0.4 is 0 Å². The number of carbonyl (C=O) groups is 3. The number of aromatic nitrogens is 1. The van der Waals surface area contributed by atoms with Crippen molar-refractivity contribution in [3.8, 4) is 0 Å². The Balaban J connectivity index is 1.38. The molecule has 2 fully saturated rings. The van der Waals surface area contributed by atoms with Crippen LogP contribution in [0.25, 0.3) is 17.0 Å². The fourth-order valence-electron chi connectivity index (χ4n) is 5.12. The molecule has 3 heterocycles. The Kier molecular flexibility index (Phi) is 7.28. The van der Waals surface area contributed by atoms with Crippen molar-refractivity contribution in [3.05, 3.63) is 76.3 Å². The highest BCUT2D eigenvalue weighted by molar-refractivity contribution is 8.18. The van der Waals surface area contributed by atoms with Crippen molar-refractivity contribution in [2.24, 2.45) is 0 Å². The van der Waals surface area contributed by atoms with Crippen LogP contribution in [0.2, 0.25) is 0 Å². The van der Waals surface area contributed by atoms with Gasteiger partial charge >= 0.3 is 0 Å². The maximum Gasteiger partial charge on any atom is 0.293 e. The number of carbonyl (C=O) groups excluding carboxylic acids is 3. The summed E-state index contributed by atoms with van der Waals surface area (Å²) in [6.07, 6.45) is 8.29. The van der Waals surface area contributed by atoms with Gasteiger partial charge in [-0.1, -0.05) is 55.5 Å². The van der Waals surface area contributed by atoms with Crippen LogP contribution in [-0.2, 0) is 29.0 Å². The van der Waals surface area contributed by atoms with E-state index in [-0.39, 0.29) is 23.6 Å². The third kappa shape index (κ3) is 4.98. The minimum Gasteiger partial charge on any atom is -0.341 e. The van der Waals surface area contributed by atoms with Gasteiger partial charge in [-0.25, -0.2) is 0 Å². The number of nitrogens with zero attached hydrogens (tertiary/aromatic N) is 3. The number of hydrogen-bond acceptors (Lipinski definition) is 4. The van der Waals surface area contributed by atoms with E-state index >= 15 is 0 Å². The standard InChI is InChI=1S/C29H31N3O3S/c1-2-22-13-8-14-24-23(19-31(27(22)24)20-26(33)30-15-6-7-16-30)18-25-28(34)32(29(35)36-25)17-9-12-21-10-4-3-5-11-21/h3-5,8,10-11,13-14,18-19H,2,6-7,9,12,15-17,20H2,1H3/b25-18-. The van der Waals surface area contributed by atoms with Crippen LogP contribution in [0.4, 0.5) is 4.79 Å². The number of rotatable bonds is 8. The smallest absolute Gasteiger partial charge is 0.293 e. The van der Waals surface area contributed by atoms with E-state index in [9.17, 15) is 14.4 Å². The predicted molar refractivity (Wildman–Crippen MR) is 145 cm³/mol. The van der Waals surface area contributed by atoms with Gasteiger partial charge in [0.1, 0.15) is 6.54 Å². The summed E-state index contributed by atoms with van der Waals surface area (Å²) in [5.41, 5.74) is 4.25. The lowest BCUT2D eigenvalue weighted by molar-refractivity contribution is -0.130. The lowest BCUT2D eigenvalue weighted by Crippen LogP contribution is -2.30. The second-order valence-electron chi connectivity index (χ2n) is 9.39. The number of amides is 3. The van der Waals surface area contributed by atoms with Crippen molar-refractivity contribution in [2.75, 3.05) is 19.6 Å². The number of benzene rings is 2. The Hall–Kier alpha value is -3.32. The minimum atomic E-state index is -0.237. The fraction of sp³-hybridized carbons (Fsp3) is 0.345. The summed E-state index contributed by atoms with van der Waals surface area (Å²) < 4.78 is 2.02. The van der Waals surface area contributed by atoms with Crippen molar-refractivity contribution in [3.63, 3.8) is 0 Å². The maximum absolute atomic E-state index is 13.1. The molecule has 7 heteroatoms. The van der Waals surface area contributed by atoms with Gasteiger partial charge in [-0.3, -0.25) is 19.3 Å². The maximum atomic E-state index is 13.1. The van der Waals surface area contributed by atoms with Gasteiger partial charge in [-0.2, -0.15) is 0 Å². The van der Waals surface area contributed by atoms with Gasteiger partial charge < -0.3 is 9.47 Å². The molecule has 0 N–H and O–H groups in total. The summed E-state index contributed by atoms with van der Waals surface area (Å²) in [5.74, 6) is -0.112. The minimum absolute atomic E-state index is 0.126.